The fraction of sp³-hybridized carbons (Fsp3) is 0.474. The van der Waals surface area contributed by atoms with Crippen LogP contribution in [0.2, 0.25) is 5.02 Å². The highest BCUT2D eigenvalue weighted by Crippen LogP contribution is 2.33. The number of nitrogens with zero attached hydrogens (tertiary/aromatic N) is 2. The molecule has 1 aliphatic heterocycles. The number of carbonyl (C=O) groups excluding carboxylic acids is 1. The zero-order valence-electron chi connectivity index (χ0n) is 14.5. The van der Waals surface area contributed by atoms with Crippen molar-refractivity contribution < 1.29 is 9.00 Å². The Kier molecular flexibility index (Phi) is 5.14. The van der Waals surface area contributed by atoms with Gasteiger partial charge in [0.05, 0.1) is 22.9 Å². The normalized spacial score (nSPS) is 20.1. The molecule has 1 aromatic heterocycles. The minimum absolute atomic E-state index is 0.0144. The second-order valence-electron chi connectivity index (χ2n) is 7.15. The Bertz CT molecular complexity index is 858. The van der Waals surface area contributed by atoms with Crippen LogP contribution >= 0.6 is 11.6 Å². The third-order valence-corrected chi connectivity index (χ3v) is 6.62. The fourth-order valence-corrected chi connectivity index (χ4v) is 5.34. The molecule has 0 unspecified atom stereocenters. The van der Waals surface area contributed by atoms with E-state index in [1.807, 2.05) is 18.2 Å². The number of anilines is 1. The molecule has 0 radical (unpaired) electrons. The quantitative estimate of drug-likeness (QED) is 0.849. The number of carbonyl (C=O) groups is 1. The second-order valence-corrected chi connectivity index (χ2v) is 9.04. The van der Waals surface area contributed by atoms with Gasteiger partial charge in [0.15, 0.2) is 0 Å². The number of nitrogens with one attached hydrogen (secondary N) is 1. The number of fused-ring (bicyclic) bond motifs is 1. The summed E-state index contributed by atoms with van der Waals surface area (Å²) in [6.07, 6.45) is 6.50. The Morgan fingerprint density at radius 2 is 2.08 bits per heavy atom. The van der Waals surface area contributed by atoms with Crippen LogP contribution in [0.4, 0.5) is 5.82 Å². The molecule has 5 nitrogen and oxygen atoms in total. The maximum absolute atomic E-state index is 12.7. The Hall–Kier alpha value is -1.66. The van der Waals surface area contributed by atoms with Crippen LogP contribution in [0.1, 0.15) is 49.8 Å². The molecule has 7 heteroatoms. The molecule has 1 N–H and O–H groups in total. The Balaban J connectivity index is 1.61. The summed E-state index contributed by atoms with van der Waals surface area (Å²) in [4.78, 5) is 12.7. The molecule has 1 fully saturated rings. The van der Waals surface area contributed by atoms with Gasteiger partial charge in [-0.25, -0.2) is 4.68 Å². The van der Waals surface area contributed by atoms with Crippen LogP contribution < -0.4 is 5.32 Å². The van der Waals surface area contributed by atoms with Gasteiger partial charge in [0, 0.05) is 27.8 Å². The molecule has 1 saturated carbocycles. The lowest BCUT2D eigenvalue weighted by Crippen LogP contribution is -2.20. The number of rotatable bonds is 4. The first-order chi connectivity index (χ1) is 12.6. The first-order valence-electron chi connectivity index (χ1n) is 9.11. The van der Waals surface area contributed by atoms with Crippen LogP contribution in [-0.4, -0.2) is 19.9 Å². The van der Waals surface area contributed by atoms with Crippen LogP contribution in [0.15, 0.2) is 24.3 Å². The third-order valence-electron chi connectivity index (χ3n) is 5.18. The Labute approximate surface area is 160 Å². The van der Waals surface area contributed by atoms with Gasteiger partial charge in [-0.05, 0) is 37.0 Å². The van der Waals surface area contributed by atoms with Crippen LogP contribution in [-0.2, 0) is 27.1 Å². The highest BCUT2D eigenvalue weighted by Gasteiger charge is 2.29. The number of hydrogen-bond donors (Lipinski definition) is 1. The molecular formula is C19H22ClN3O2S. The molecule has 0 saturated heterocycles. The Morgan fingerprint density at radius 1 is 1.27 bits per heavy atom. The SMILES string of the molecule is O=C(CC1CCCCC1)Nc1c2c(nn1-c1cccc(Cl)c1)C[S@@](=O)C2. The Morgan fingerprint density at radius 3 is 2.85 bits per heavy atom. The first-order valence-corrected chi connectivity index (χ1v) is 11.0. The molecule has 2 aliphatic rings. The molecule has 2 heterocycles. The zero-order chi connectivity index (χ0) is 18.1. The zero-order valence-corrected chi connectivity index (χ0v) is 16.1. The summed E-state index contributed by atoms with van der Waals surface area (Å²) in [5.41, 5.74) is 2.49. The van der Waals surface area contributed by atoms with Crippen LogP contribution in [0.3, 0.4) is 0 Å². The maximum atomic E-state index is 12.7. The summed E-state index contributed by atoms with van der Waals surface area (Å²) in [5.74, 6) is 2.01. The standard InChI is InChI=1S/C19H22ClN3O2S/c20-14-7-4-8-15(10-14)23-19(16-11-26(25)12-17(16)22-23)21-18(24)9-13-5-2-1-3-6-13/h4,7-8,10,13H,1-3,5-6,9,11-12H2,(H,21,24)/t26-/m0/s1. The molecule has 138 valence electrons. The van der Waals surface area contributed by atoms with E-state index in [1.54, 1.807) is 10.7 Å². The predicted molar refractivity (Wildman–Crippen MR) is 104 cm³/mol. The third kappa shape index (κ3) is 3.71. The highest BCUT2D eigenvalue weighted by molar-refractivity contribution is 7.83. The van der Waals surface area contributed by atoms with Crippen molar-refractivity contribution >= 4 is 34.1 Å². The van der Waals surface area contributed by atoms with E-state index in [0.717, 1.165) is 29.8 Å². The fourth-order valence-electron chi connectivity index (χ4n) is 3.89. The lowest BCUT2D eigenvalue weighted by molar-refractivity contribution is -0.117. The van der Waals surface area contributed by atoms with Crippen molar-refractivity contribution in [2.75, 3.05) is 5.32 Å². The lowest BCUT2D eigenvalue weighted by Gasteiger charge is -2.21. The molecule has 26 heavy (non-hydrogen) atoms. The van der Waals surface area contributed by atoms with Crippen molar-refractivity contribution in [1.29, 1.82) is 0 Å². The average molecular weight is 392 g/mol. The molecule has 4 rings (SSSR count). The van der Waals surface area contributed by atoms with Crippen LogP contribution in [0, 0.1) is 5.92 Å². The number of aromatic nitrogens is 2. The smallest absolute Gasteiger partial charge is 0.225 e. The number of halogens is 1. The molecule has 2 aromatic rings. The lowest BCUT2D eigenvalue weighted by atomic mass is 9.87. The van der Waals surface area contributed by atoms with Crippen molar-refractivity contribution in [2.45, 2.75) is 50.0 Å². The van der Waals surface area contributed by atoms with Gasteiger partial charge >= 0.3 is 0 Å². The molecule has 0 spiro atoms. The average Bonchev–Trinajstić information content (AvgIpc) is 3.13. The van der Waals surface area contributed by atoms with E-state index in [2.05, 4.69) is 10.4 Å². The molecule has 0 bridgehead atoms. The summed E-state index contributed by atoms with van der Waals surface area (Å²) in [7, 11) is -0.942. The van der Waals surface area contributed by atoms with Crippen molar-refractivity contribution in [2.24, 2.45) is 5.92 Å². The molecule has 1 aliphatic carbocycles. The number of hydrogen-bond acceptors (Lipinski definition) is 3. The van der Waals surface area contributed by atoms with Gasteiger partial charge in [-0.15, -0.1) is 0 Å². The van der Waals surface area contributed by atoms with E-state index >= 15 is 0 Å². The highest BCUT2D eigenvalue weighted by atomic mass is 35.5. The van der Waals surface area contributed by atoms with Gasteiger partial charge in [-0.3, -0.25) is 9.00 Å². The topological polar surface area (TPSA) is 64.0 Å². The summed E-state index contributed by atoms with van der Waals surface area (Å²) in [6.45, 7) is 0. The summed E-state index contributed by atoms with van der Waals surface area (Å²) < 4.78 is 13.7. The van der Waals surface area contributed by atoms with Crippen molar-refractivity contribution in [3.8, 4) is 5.69 Å². The summed E-state index contributed by atoms with van der Waals surface area (Å²) in [5, 5.41) is 8.28. The van der Waals surface area contributed by atoms with E-state index in [4.69, 9.17) is 11.6 Å². The van der Waals surface area contributed by atoms with Crippen molar-refractivity contribution in [3.63, 3.8) is 0 Å². The van der Waals surface area contributed by atoms with E-state index in [1.165, 1.54) is 19.3 Å². The minimum Gasteiger partial charge on any atom is -0.310 e. The maximum Gasteiger partial charge on any atom is 0.225 e. The van der Waals surface area contributed by atoms with E-state index in [-0.39, 0.29) is 5.91 Å². The van der Waals surface area contributed by atoms with E-state index in [9.17, 15) is 9.00 Å². The summed E-state index contributed by atoms with van der Waals surface area (Å²) in [6, 6.07) is 7.38. The van der Waals surface area contributed by atoms with Crippen molar-refractivity contribution in [3.05, 3.63) is 40.5 Å². The van der Waals surface area contributed by atoms with Crippen LogP contribution in [0.25, 0.3) is 5.69 Å². The predicted octanol–water partition coefficient (Wildman–Crippen LogP) is 4.20. The molecule has 1 atom stereocenters. The van der Waals surface area contributed by atoms with Gasteiger partial charge in [0.2, 0.25) is 5.91 Å². The molecule has 1 amide bonds. The van der Waals surface area contributed by atoms with E-state index < -0.39 is 10.8 Å². The van der Waals surface area contributed by atoms with Gasteiger partial charge in [-0.1, -0.05) is 36.9 Å². The molecular weight excluding hydrogens is 370 g/mol. The van der Waals surface area contributed by atoms with Gasteiger partial charge in [0.25, 0.3) is 0 Å². The van der Waals surface area contributed by atoms with Gasteiger partial charge < -0.3 is 5.32 Å². The number of benzene rings is 1. The van der Waals surface area contributed by atoms with E-state index in [0.29, 0.717) is 34.7 Å². The second kappa shape index (κ2) is 7.53. The molecule has 1 aromatic carbocycles. The number of amides is 1. The first kappa shape index (κ1) is 17.7. The largest absolute Gasteiger partial charge is 0.310 e. The van der Waals surface area contributed by atoms with Gasteiger partial charge in [-0.2, -0.15) is 5.10 Å². The summed E-state index contributed by atoms with van der Waals surface area (Å²) >= 11 is 6.12. The van der Waals surface area contributed by atoms with Crippen LogP contribution in [0.5, 0.6) is 0 Å². The monoisotopic (exact) mass is 391 g/mol. The van der Waals surface area contributed by atoms with Crippen molar-refractivity contribution in [1.82, 2.24) is 9.78 Å². The van der Waals surface area contributed by atoms with Gasteiger partial charge in [0.1, 0.15) is 5.82 Å². The minimum atomic E-state index is -0.942.